The van der Waals surface area contributed by atoms with Crippen molar-refractivity contribution in [2.75, 3.05) is 6.54 Å². The number of nitrogens with zero attached hydrogens (tertiary/aromatic N) is 2. The molecule has 0 radical (unpaired) electrons. The highest BCUT2D eigenvalue weighted by Gasteiger charge is 2.17. The molecule has 0 unspecified atom stereocenters. The minimum absolute atomic E-state index is 0.340. The standard InChI is InChI=1S/C15H11Cl2N3/c16-9-5-6-13-11(7-9)15(19-8-14(18)20-13)10-3-1-2-4-12(10)17/h1-7H,8H2,(H2,18,20). The van der Waals surface area contributed by atoms with Crippen molar-refractivity contribution < 1.29 is 0 Å². The van der Waals surface area contributed by atoms with Gasteiger partial charge in [0.05, 0.1) is 17.9 Å². The third-order valence-corrected chi connectivity index (χ3v) is 3.57. The van der Waals surface area contributed by atoms with Crippen molar-refractivity contribution in [3.05, 3.63) is 63.6 Å². The van der Waals surface area contributed by atoms with Gasteiger partial charge in [0, 0.05) is 21.2 Å². The molecule has 3 nitrogen and oxygen atoms in total. The lowest BCUT2D eigenvalue weighted by molar-refractivity contribution is 1.27. The lowest BCUT2D eigenvalue weighted by Gasteiger charge is -2.10. The maximum Gasteiger partial charge on any atom is 0.121 e. The predicted octanol–water partition coefficient (Wildman–Crippen LogP) is 3.83. The lowest BCUT2D eigenvalue weighted by atomic mass is 10.0. The van der Waals surface area contributed by atoms with E-state index in [9.17, 15) is 0 Å². The van der Waals surface area contributed by atoms with Gasteiger partial charge in [-0.1, -0.05) is 41.4 Å². The van der Waals surface area contributed by atoms with E-state index in [4.69, 9.17) is 28.9 Å². The van der Waals surface area contributed by atoms with E-state index in [-0.39, 0.29) is 0 Å². The first-order chi connectivity index (χ1) is 9.65. The Labute approximate surface area is 126 Å². The van der Waals surface area contributed by atoms with Crippen LogP contribution in [-0.2, 0) is 0 Å². The SMILES string of the molecule is NC1=Nc2ccc(Cl)cc2C(c2ccccc2Cl)=NC1. The molecule has 0 bridgehead atoms. The first kappa shape index (κ1) is 13.2. The molecule has 0 aromatic heterocycles. The fraction of sp³-hybridized carbons (Fsp3) is 0.0667. The second-order valence-corrected chi connectivity index (χ2v) is 5.25. The van der Waals surface area contributed by atoms with Crippen LogP contribution in [0.3, 0.4) is 0 Å². The molecule has 3 rings (SSSR count). The molecule has 0 saturated carbocycles. The summed E-state index contributed by atoms with van der Waals surface area (Å²) in [6.07, 6.45) is 0. The monoisotopic (exact) mass is 303 g/mol. The van der Waals surface area contributed by atoms with Gasteiger partial charge in [0.1, 0.15) is 5.84 Å². The molecular formula is C15H11Cl2N3. The van der Waals surface area contributed by atoms with Gasteiger partial charge in [-0.3, -0.25) is 4.99 Å². The number of hydrogen-bond donors (Lipinski definition) is 1. The maximum atomic E-state index is 6.27. The topological polar surface area (TPSA) is 50.7 Å². The Morgan fingerprint density at radius 3 is 2.60 bits per heavy atom. The van der Waals surface area contributed by atoms with Gasteiger partial charge in [0.2, 0.25) is 0 Å². The Morgan fingerprint density at radius 1 is 1.00 bits per heavy atom. The van der Waals surface area contributed by atoms with Crippen molar-refractivity contribution in [3.63, 3.8) is 0 Å². The average molecular weight is 304 g/mol. The van der Waals surface area contributed by atoms with E-state index in [1.807, 2.05) is 36.4 Å². The first-order valence-electron chi connectivity index (χ1n) is 6.07. The van der Waals surface area contributed by atoms with Crippen LogP contribution in [0.1, 0.15) is 11.1 Å². The van der Waals surface area contributed by atoms with Crippen molar-refractivity contribution in [2.24, 2.45) is 15.7 Å². The summed E-state index contributed by atoms with van der Waals surface area (Å²) in [6, 6.07) is 13.0. The molecule has 0 fully saturated rings. The van der Waals surface area contributed by atoms with Gasteiger partial charge in [-0.2, -0.15) is 0 Å². The number of rotatable bonds is 1. The van der Waals surface area contributed by atoms with E-state index >= 15 is 0 Å². The molecule has 100 valence electrons. The third-order valence-electron chi connectivity index (χ3n) is 3.01. The van der Waals surface area contributed by atoms with Gasteiger partial charge in [-0.15, -0.1) is 0 Å². The Hall–Kier alpha value is -1.84. The van der Waals surface area contributed by atoms with Crippen molar-refractivity contribution in [3.8, 4) is 0 Å². The second-order valence-electron chi connectivity index (χ2n) is 4.41. The van der Waals surface area contributed by atoms with Crippen molar-refractivity contribution in [1.29, 1.82) is 0 Å². The van der Waals surface area contributed by atoms with Crippen LogP contribution in [0, 0.1) is 0 Å². The third kappa shape index (κ3) is 2.42. The Balaban J connectivity index is 2.24. The molecule has 20 heavy (non-hydrogen) atoms. The Bertz CT molecular complexity index is 736. The van der Waals surface area contributed by atoms with E-state index in [1.165, 1.54) is 0 Å². The van der Waals surface area contributed by atoms with E-state index in [0.717, 1.165) is 22.5 Å². The van der Waals surface area contributed by atoms with Crippen LogP contribution in [0.4, 0.5) is 5.69 Å². The van der Waals surface area contributed by atoms with Crippen molar-refractivity contribution in [2.45, 2.75) is 0 Å². The zero-order valence-electron chi connectivity index (χ0n) is 10.5. The number of halogens is 2. The highest BCUT2D eigenvalue weighted by molar-refractivity contribution is 6.36. The highest BCUT2D eigenvalue weighted by Crippen LogP contribution is 2.30. The lowest BCUT2D eigenvalue weighted by Crippen LogP contribution is -2.14. The van der Waals surface area contributed by atoms with Crippen LogP contribution < -0.4 is 5.73 Å². The zero-order valence-corrected chi connectivity index (χ0v) is 12.0. The second kappa shape index (κ2) is 5.27. The number of benzene rings is 2. The molecule has 0 saturated heterocycles. The van der Waals surface area contributed by atoms with Gasteiger partial charge in [-0.25, -0.2) is 4.99 Å². The number of aliphatic imine (C=N–C) groups is 2. The fourth-order valence-electron chi connectivity index (χ4n) is 2.11. The normalized spacial score (nSPS) is 14.1. The molecule has 2 aromatic carbocycles. The molecule has 2 N–H and O–H groups in total. The fourth-order valence-corrected chi connectivity index (χ4v) is 2.51. The van der Waals surface area contributed by atoms with Crippen LogP contribution in [-0.4, -0.2) is 18.1 Å². The van der Waals surface area contributed by atoms with E-state index in [0.29, 0.717) is 22.4 Å². The molecule has 2 aromatic rings. The van der Waals surface area contributed by atoms with Gasteiger partial charge in [-0.05, 0) is 24.3 Å². The molecule has 1 heterocycles. The van der Waals surface area contributed by atoms with Crippen LogP contribution >= 0.6 is 23.2 Å². The Morgan fingerprint density at radius 2 is 1.80 bits per heavy atom. The van der Waals surface area contributed by atoms with E-state index < -0.39 is 0 Å². The number of fused-ring (bicyclic) bond motifs is 1. The zero-order chi connectivity index (χ0) is 14.1. The minimum Gasteiger partial charge on any atom is -0.386 e. The molecule has 1 aliphatic rings. The summed E-state index contributed by atoms with van der Waals surface area (Å²) < 4.78 is 0. The quantitative estimate of drug-likeness (QED) is 0.855. The average Bonchev–Trinajstić information content (AvgIpc) is 2.58. The molecular weight excluding hydrogens is 293 g/mol. The smallest absolute Gasteiger partial charge is 0.121 e. The summed E-state index contributed by atoms with van der Waals surface area (Å²) in [6.45, 7) is 0.340. The summed E-state index contributed by atoms with van der Waals surface area (Å²) in [5.41, 5.74) is 9.05. The van der Waals surface area contributed by atoms with Crippen LogP contribution in [0.15, 0.2) is 52.4 Å². The molecule has 0 aliphatic carbocycles. The van der Waals surface area contributed by atoms with Crippen molar-refractivity contribution >= 4 is 40.4 Å². The van der Waals surface area contributed by atoms with Crippen LogP contribution in [0.25, 0.3) is 0 Å². The molecule has 0 spiro atoms. The van der Waals surface area contributed by atoms with E-state index in [2.05, 4.69) is 9.98 Å². The minimum atomic E-state index is 0.340. The summed E-state index contributed by atoms with van der Waals surface area (Å²) in [4.78, 5) is 8.90. The Kier molecular flexibility index (Phi) is 3.47. The van der Waals surface area contributed by atoms with Gasteiger partial charge < -0.3 is 5.73 Å². The number of nitrogens with two attached hydrogens (primary N) is 1. The van der Waals surface area contributed by atoms with Crippen LogP contribution in [0.5, 0.6) is 0 Å². The van der Waals surface area contributed by atoms with E-state index in [1.54, 1.807) is 6.07 Å². The summed E-state index contributed by atoms with van der Waals surface area (Å²) in [5.74, 6) is 0.468. The van der Waals surface area contributed by atoms with Crippen molar-refractivity contribution in [1.82, 2.24) is 0 Å². The predicted molar refractivity (Wildman–Crippen MR) is 84.7 cm³/mol. The largest absolute Gasteiger partial charge is 0.386 e. The van der Waals surface area contributed by atoms with Gasteiger partial charge in [0.25, 0.3) is 0 Å². The summed E-state index contributed by atoms with van der Waals surface area (Å²) in [7, 11) is 0. The molecule has 1 aliphatic heterocycles. The van der Waals surface area contributed by atoms with Gasteiger partial charge >= 0.3 is 0 Å². The summed E-state index contributed by atoms with van der Waals surface area (Å²) in [5, 5.41) is 1.26. The van der Waals surface area contributed by atoms with Gasteiger partial charge in [0.15, 0.2) is 0 Å². The maximum absolute atomic E-state index is 6.27. The molecule has 5 heteroatoms. The molecule has 0 atom stereocenters. The number of hydrogen-bond acceptors (Lipinski definition) is 3. The first-order valence-corrected chi connectivity index (χ1v) is 6.83. The summed E-state index contributed by atoms with van der Waals surface area (Å²) >= 11 is 12.4. The molecule has 0 amide bonds. The highest BCUT2D eigenvalue weighted by atomic mass is 35.5. The van der Waals surface area contributed by atoms with Crippen LogP contribution in [0.2, 0.25) is 10.0 Å². The number of amidine groups is 1.